The number of carbonyl (C=O) groups excluding carboxylic acids is 2. The van der Waals surface area contributed by atoms with Gasteiger partial charge in [-0.1, -0.05) is 24.3 Å². The molecular formula is C14H13NO2. The van der Waals surface area contributed by atoms with E-state index in [1.165, 1.54) is 0 Å². The lowest BCUT2D eigenvalue weighted by atomic mass is 9.71. The van der Waals surface area contributed by atoms with Gasteiger partial charge in [-0.15, -0.1) is 0 Å². The van der Waals surface area contributed by atoms with Crippen LogP contribution in [0.5, 0.6) is 0 Å². The zero-order valence-electron chi connectivity index (χ0n) is 9.40. The topological polar surface area (TPSA) is 46.2 Å². The molecule has 0 radical (unpaired) electrons. The summed E-state index contributed by atoms with van der Waals surface area (Å²) < 4.78 is 0. The lowest BCUT2D eigenvalue weighted by Crippen LogP contribution is -2.42. The molecule has 3 nitrogen and oxygen atoms in total. The van der Waals surface area contributed by atoms with Gasteiger partial charge in [0.25, 0.3) is 0 Å². The van der Waals surface area contributed by atoms with Crippen molar-refractivity contribution in [3.8, 4) is 0 Å². The van der Waals surface area contributed by atoms with Crippen molar-refractivity contribution in [2.24, 2.45) is 5.41 Å². The smallest absolute Gasteiger partial charge is 0.234 e. The average molecular weight is 227 g/mol. The van der Waals surface area contributed by atoms with Crippen molar-refractivity contribution in [2.75, 3.05) is 5.32 Å². The van der Waals surface area contributed by atoms with Crippen molar-refractivity contribution in [3.63, 3.8) is 0 Å². The van der Waals surface area contributed by atoms with Gasteiger partial charge in [0.2, 0.25) is 5.91 Å². The third kappa shape index (κ3) is 1.58. The molecular weight excluding hydrogens is 214 g/mol. The lowest BCUT2D eigenvalue weighted by Gasteiger charge is -2.36. The Kier molecular flexibility index (Phi) is 2.15. The zero-order valence-corrected chi connectivity index (χ0v) is 9.40. The molecule has 86 valence electrons. The Balaban J connectivity index is 2.02. The largest absolute Gasteiger partial charge is 0.325 e. The first kappa shape index (κ1) is 10.3. The van der Waals surface area contributed by atoms with Crippen LogP contribution in [0.15, 0.2) is 36.4 Å². The number of benzene rings is 1. The van der Waals surface area contributed by atoms with Gasteiger partial charge in [0.05, 0.1) is 5.41 Å². The molecule has 1 heterocycles. The van der Waals surface area contributed by atoms with Crippen LogP contribution in [0.3, 0.4) is 0 Å². The Morgan fingerprint density at radius 1 is 1.18 bits per heavy atom. The minimum absolute atomic E-state index is 0.0138. The number of nitrogens with one attached hydrogen (secondary N) is 1. The van der Waals surface area contributed by atoms with Crippen molar-refractivity contribution >= 4 is 17.4 Å². The van der Waals surface area contributed by atoms with Crippen molar-refractivity contribution in [1.29, 1.82) is 0 Å². The summed E-state index contributed by atoms with van der Waals surface area (Å²) in [6.45, 7) is 0. The summed E-state index contributed by atoms with van der Waals surface area (Å²) in [6, 6.07) is 7.83. The quantitative estimate of drug-likeness (QED) is 0.737. The Hall–Kier alpha value is -1.90. The van der Waals surface area contributed by atoms with E-state index in [2.05, 4.69) is 5.32 Å². The molecule has 1 aliphatic carbocycles. The van der Waals surface area contributed by atoms with Crippen LogP contribution in [0.2, 0.25) is 0 Å². The fraction of sp³-hybridized carbons (Fsp3) is 0.286. The molecule has 17 heavy (non-hydrogen) atoms. The molecule has 1 atom stereocenters. The van der Waals surface area contributed by atoms with Crippen LogP contribution in [-0.4, -0.2) is 11.7 Å². The molecule has 1 unspecified atom stereocenters. The second-order valence-corrected chi connectivity index (χ2v) is 4.74. The number of carbonyl (C=O) groups is 2. The number of hydrogen-bond donors (Lipinski definition) is 1. The van der Waals surface area contributed by atoms with Crippen molar-refractivity contribution < 1.29 is 9.59 Å². The van der Waals surface area contributed by atoms with Gasteiger partial charge >= 0.3 is 0 Å². The molecule has 2 aliphatic rings. The summed E-state index contributed by atoms with van der Waals surface area (Å²) >= 11 is 0. The van der Waals surface area contributed by atoms with Crippen LogP contribution >= 0.6 is 0 Å². The number of hydrogen-bond acceptors (Lipinski definition) is 2. The van der Waals surface area contributed by atoms with E-state index in [-0.39, 0.29) is 11.7 Å². The normalized spacial score (nSPS) is 26.8. The van der Waals surface area contributed by atoms with Crippen LogP contribution in [0, 0.1) is 5.41 Å². The van der Waals surface area contributed by atoms with Crippen LogP contribution in [0.4, 0.5) is 5.69 Å². The highest BCUT2D eigenvalue weighted by molar-refractivity contribution is 6.02. The summed E-state index contributed by atoms with van der Waals surface area (Å²) in [6.07, 6.45) is 5.11. The van der Waals surface area contributed by atoms with E-state index in [1.807, 2.05) is 24.3 Å². The summed E-state index contributed by atoms with van der Waals surface area (Å²) in [5.74, 6) is 0.127. The molecule has 3 rings (SSSR count). The number of para-hydroxylation sites is 1. The third-order valence-corrected chi connectivity index (χ3v) is 3.63. The van der Waals surface area contributed by atoms with E-state index >= 15 is 0 Å². The van der Waals surface area contributed by atoms with Gasteiger partial charge in [-0.2, -0.15) is 0 Å². The second kappa shape index (κ2) is 3.55. The predicted molar refractivity (Wildman–Crippen MR) is 64.6 cm³/mol. The molecule has 3 heteroatoms. The minimum Gasteiger partial charge on any atom is -0.325 e. The molecule has 0 saturated heterocycles. The number of rotatable bonds is 0. The Morgan fingerprint density at radius 2 is 2.00 bits per heavy atom. The third-order valence-electron chi connectivity index (χ3n) is 3.63. The van der Waals surface area contributed by atoms with Gasteiger partial charge in [-0.05, 0) is 30.5 Å². The summed E-state index contributed by atoms with van der Waals surface area (Å²) in [4.78, 5) is 23.4. The Bertz CT molecular complexity index is 533. The van der Waals surface area contributed by atoms with Crippen molar-refractivity contribution in [1.82, 2.24) is 0 Å². The Labute approximate surface area is 99.5 Å². The van der Waals surface area contributed by atoms with Crippen LogP contribution in [0.1, 0.15) is 18.4 Å². The van der Waals surface area contributed by atoms with Gasteiger partial charge in [0.15, 0.2) is 5.78 Å². The molecule has 0 aromatic heterocycles. The summed E-state index contributed by atoms with van der Waals surface area (Å²) in [5.41, 5.74) is 1.53. The molecule has 0 bridgehead atoms. The fourth-order valence-electron chi connectivity index (χ4n) is 2.57. The number of amides is 1. The van der Waals surface area contributed by atoms with Gasteiger partial charge in [-0.3, -0.25) is 9.59 Å². The average Bonchev–Trinajstić information content (AvgIpc) is 2.34. The lowest BCUT2D eigenvalue weighted by molar-refractivity contribution is -0.125. The first-order valence-electron chi connectivity index (χ1n) is 5.81. The van der Waals surface area contributed by atoms with Crippen molar-refractivity contribution in [2.45, 2.75) is 19.3 Å². The first-order valence-corrected chi connectivity index (χ1v) is 5.81. The highest BCUT2D eigenvalue weighted by atomic mass is 16.2. The van der Waals surface area contributed by atoms with E-state index in [0.717, 1.165) is 11.3 Å². The number of allylic oxidation sites excluding steroid dienone is 1. The highest BCUT2D eigenvalue weighted by Crippen LogP contribution is 2.40. The summed E-state index contributed by atoms with van der Waals surface area (Å²) in [5, 5.41) is 2.93. The van der Waals surface area contributed by atoms with Crippen LogP contribution < -0.4 is 5.32 Å². The molecule has 1 aromatic carbocycles. The monoisotopic (exact) mass is 227 g/mol. The maximum atomic E-state index is 12.2. The van der Waals surface area contributed by atoms with E-state index in [1.54, 1.807) is 12.2 Å². The minimum atomic E-state index is -0.512. The molecule has 1 aromatic rings. The number of anilines is 1. The molecule has 1 amide bonds. The number of ketones is 1. The van der Waals surface area contributed by atoms with E-state index < -0.39 is 5.41 Å². The van der Waals surface area contributed by atoms with E-state index in [0.29, 0.717) is 19.3 Å². The molecule has 0 saturated carbocycles. The standard InChI is InChI=1S/C14H13NO2/c16-11-5-7-14(8-6-11)9-10-3-1-2-4-12(10)15-13(14)17/h1-5,7H,6,8-9H2,(H,15,17). The van der Waals surface area contributed by atoms with E-state index in [9.17, 15) is 9.59 Å². The van der Waals surface area contributed by atoms with Gasteiger partial charge in [-0.25, -0.2) is 0 Å². The molecule has 1 N–H and O–H groups in total. The van der Waals surface area contributed by atoms with Gasteiger partial charge in [0, 0.05) is 12.1 Å². The van der Waals surface area contributed by atoms with Gasteiger partial charge < -0.3 is 5.32 Å². The molecule has 1 spiro atoms. The zero-order chi connectivity index (χ0) is 11.9. The highest BCUT2D eigenvalue weighted by Gasteiger charge is 2.41. The Morgan fingerprint density at radius 3 is 2.76 bits per heavy atom. The summed E-state index contributed by atoms with van der Waals surface area (Å²) in [7, 11) is 0. The van der Waals surface area contributed by atoms with Crippen molar-refractivity contribution in [3.05, 3.63) is 42.0 Å². The molecule has 0 fully saturated rings. The van der Waals surface area contributed by atoms with E-state index in [4.69, 9.17) is 0 Å². The molecule has 1 aliphatic heterocycles. The van der Waals surface area contributed by atoms with Crippen LogP contribution in [-0.2, 0) is 16.0 Å². The maximum Gasteiger partial charge on any atom is 0.234 e. The fourth-order valence-corrected chi connectivity index (χ4v) is 2.57. The number of fused-ring (bicyclic) bond motifs is 1. The maximum absolute atomic E-state index is 12.2. The first-order chi connectivity index (χ1) is 8.20. The second-order valence-electron chi connectivity index (χ2n) is 4.74. The van der Waals surface area contributed by atoms with Crippen LogP contribution in [0.25, 0.3) is 0 Å². The predicted octanol–water partition coefficient (Wildman–Crippen LogP) is 2.09. The SMILES string of the molecule is O=C1C=CC2(CC1)Cc1ccccc1NC2=O. The van der Waals surface area contributed by atoms with Gasteiger partial charge in [0.1, 0.15) is 0 Å².